The average Bonchev–Trinajstić information content (AvgIpc) is 3.02. The fourth-order valence-electron chi connectivity index (χ4n) is 2.45. The third kappa shape index (κ3) is 4.20. The van der Waals surface area contributed by atoms with Crippen molar-refractivity contribution < 1.29 is 22.8 Å². The Hall–Kier alpha value is -3.07. The van der Waals surface area contributed by atoms with Crippen LogP contribution in [-0.2, 0) is 22.3 Å². The summed E-state index contributed by atoms with van der Waals surface area (Å²) in [6.07, 6.45) is -1.65. The maximum Gasteiger partial charge on any atom is 0.416 e. The maximum atomic E-state index is 13.1. The summed E-state index contributed by atoms with van der Waals surface area (Å²) in [7, 11) is 0. The van der Waals surface area contributed by atoms with Gasteiger partial charge in [-0.15, -0.1) is 0 Å². The average molecular weight is 397 g/mol. The van der Waals surface area contributed by atoms with Gasteiger partial charge in [0, 0.05) is 24.0 Å². The Labute approximate surface area is 155 Å². The maximum absolute atomic E-state index is 13.1. The third-order valence-corrected chi connectivity index (χ3v) is 3.94. The summed E-state index contributed by atoms with van der Waals surface area (Å²) in [6.45, 7) is -0.482. The van der Waals surface area contributed by atoms with Crippen LogP contribution in [0.2, 0.25) is 5.02 Å². The number of rotatable bonds is 3. The number of H-pyrrole nitrogens is 1. The number of carbonyl (C=O) groups excluding carboxylic acids is 2. The van der Waals surface area contributed by atoms with Crippen molar-refractivity contribution in [2.75, 3.05) is 5.32 Å². The predicted molar refractivity (Wildman–Crippen MR) is 93.0 cm³/mol. The van der Waals surface area contributed by atoms with Crippen molar-refractivity contribution in [3.8, 4) is 0 Å². The van der Waals surface area contributed by atoms with Gasteiger partial charge < -0.3 is 15.6 Å². The van der Waals surface area contributed by atoms with Gasteiger partial charge in [0.25, 0.3) is 0 Å². The van der Waals surface area contributed by atoms with Gasteiger partial charge in [0.05, 0.1) is 16.8 Å². The lowest BCUT2D eigenvalue weighted by atomic mass is 10.1. The fraction of sp³-hybridized carbons (Fsp3) is 0.118. The van der Waals surface area contributed by atoms with Gasteiger partial charge >= 0.3 is 18.0 Å². The molecule has 2 aromatic heterocycles. The quantitative estimate of drug-likeness (QED) is 0.592. The number of nitrogens with one attached hydrogen (secondary N) is 3. The third-order valence-electron chi connectivity index (χ3n) is 3.71. The van der Waals surface area contributed by atoms with Crippen LogP contribution in [0.4, 0.5) is 18.9 Å². The zero-order valence-electron chi connectivity index (χ0n) is 13.5. The highest BCUT2D eigenvalue weighted by Gasteiger charge is 2.33. The largest absolute Gasteiger partial charge is 0.416 e. The van der Waals surface area contributed by atoms with Crippen LogP contribution < -0.4 is 10.6 Å². The summed E-state index contributed by atoms with van der Waals surface area (Å²) in [5.74, 6) is -2.10. The molecule has 10 heteroatoms. The number of amides is 2. The zero-order chi connectivity index (χ0) is 19.6. The van der Waals surface area contributed by atoms with Crippen LogP contribution >= 0.6 is 11.6 Å². The van der Waals surface area contributed by atoms with E-state index >= 15 is 0 Å². The van der Waals surface area contributed by atoms with Gasteiger partial charge in [-0.3, -0.25) is 14.6 Å². The summed E-state index contributed by atoms with van der Waals surface area (Å²) in [4.78, 5) is 30.9. The molecule has 3 rings (SSSR count). The van der Waals surface area contributed by atoms with Gasteiger partial charge in [-0.2, -0.15) is 13.2 Å². The van der Waals surface area contributed by atoms with Gasteiger partial charge in [0.15, 0.2) is 0 Å². The highest BCUT2D eigenvalue weighted by Crippen LogP contribution is 2.33. The van der Waals surface area contributed by atoms with E-state index in [1.165, 1.54) is 18.5 Å². The number of nitrogens with zero attached hydrogens (tertiary/aromatic N) is 1. The van der Waals surface area contributed by atoms with E-state index in [1.54, 1.807) is 12.1 Å². The van der Waals surface area contributed by atoms with E-state index in [1.807, 2.05) is 0 Å². The zero-order valence-corrected chi connectivity index (χ0v) is 14.3. The highest BCUT2D eigenvalue weighted by atomic mass is 35.5. The lowest BCUT2D eigenvalue weighted by molar-refractivity contribution is -0.139. The van der Waals surface area contributed by atoms with Crippen LogP contribution in [0, 0.1) is 0 Å². The molecule has 2 heterocycles. The van der Waals surface area contributed by atoms with E-state index in [4.69, 9.17) is 11.6 Å². The Morgan fingerprint density at radius 3 is 2.70 bits per heavy atom. The van der Waals surface area contributed by atoms with Crippen molar-refractivity contribution in [3.05, 3.63) is 58.9 Å². The van der Waals surface area contributed by atoms with Gasteiger partial charge in [0.2, 0.25) is 0 Å². The molecule has 0 unspecified atom stereocenters. The summed E-state index contributed by atoms with van der Waals surface area (Å²) in [6, 6.07) is 6.61. The molecule has 0 aliphatic rings. The summed E-state index contributed by atoms with van der Waals surface area (Å²) >= 11 is 5.60. The van der Waals surface area contributed by atoms with E-state index in [0.717, 1.165) is 12.1 Å². The smallest absolute Gasteiger partial charge is 0.358 e. The Kier molecular flexibility index (Phi) is 5.04. The normalized spacial score (nSPS) is 11.4. The minimum Gasteiger partial charge on any atom is -0.358 e. The molecular weight excluding hydrogens is 385 g/mol. The number of hydrogen-bond donors (Lipinski definition) is 3. The van der Waals surface area contributed by atoms with Crippen LogP contribution in [0.15, 0.2) is 42.7 Å². The number of halogens is 4. The van der Waals surface area contributed by atoms with E-state index in [-0.39, 0.29) is 16.3 Å². The van der Waals surface area contributed by atoms with E-state index in [9.17, 15) is 22.8 Å². The summed E-state index contributed by atoms with van der Waals surface area (Å²) in [5.41, 5.74) is 0.214. The van der Waals surface area contributed by atoms with Crippen LogP contribution in [-0.4, -0.2) is 21.8 Å². The Bertz CT molecular complexity index is 1020. The fourth-order valence-corrected chi connectivity index (χ4v) is 2.62. The molecule has 0 fully saturated rings. The molecule has 0 atom stereocenters. The number of benzene rings is 1. The molecule has 0 aliphatic heterocycles. The first-order valence-electron chi connectivity index (χ1n) is 7.62. The molecule has 6 nitrogen and oxygen atoms in total. The first kappa shape index (κ1) is 18.7. The Morgan fingerprint density at radius 2 is 1.96 bits per heavy atom. The Balaban J connectivity index is 1.68. The first-order valence-corrected chi connectivity index (χ1v) is 8.00. The number of carbonyl (C=O) groups is 2. The van der Waals surface area contributed by atoms with Crippen molar-refractivity contribution in [1.29, 1.82) is 0 Å². The number of pyridine rings is 1. The van der Waals surface area contributed by atoms with Crippen molar-refractivity contribution in [2.24, 2.45) is 0 Å². The molecule has 1 aromatic carbocycles. The number of aromatic nitrogens is 2. The second-order valence-electron chi connectivity index (χ2n) is 5.54. The van der Waals surface area contributed by atoms with Crippen LogP contribution in [0.1, 0.15) is 11.1 Å². The van der Waals surface area contributed by atoms with Crippen molar-refractivity contribution >= 4 is 40.1 Å². The number of anilines is 1. The molecule has 0 spiro atoms. The highest BCUT2D eigenvalue weighted by molar-refractivity contribution is 6.40. The number of hydrogen-bond acceptors (Lipinski definition) is 3. The number of fused-ring (bicyclic) bond motifs is 1. The topological polar surface area (TPSA) is 86.9 Å². The van der Waals surface area contributed by atoms with Crippen molar-refractivity contribution in [1.82, 2.24) is 15.3 Å². The van der Waals surface area contributed by atoms with Crippen molar-refractivity contribution in [3.63, 3.8) is 0 Å². The molecule has 3 N–H and O–H groups in total. The monoisotopic (exact) mass is 396 g/mol. The molecular formula is C17H12ClF3N4O2. The van der Waals surface area contributed by atoms with Crippen LogP contribution in [0.5, 0.6) is 0 Å². The molecule has 0 aliphatic carbocycles. The molecule has 27 heavy (non-hydrogen) atoms. The Morgan fingerprint density at radius 1 is 1.19 bits per heavy atom. The second kappa shape index (κ2) is 7.28. The minimum absolute atomic E-state index is 0.0815. The van der Waals surface area contributed by atoms with Gasteiger partial charge in [-0.05, 0) is 29.8 Å². The first-order chi connectivity index (χ1) is 12.8. The van der Waals surface area contributed by atoms with Gasteiger partial charge in [0.1, 0.15) is 5.52 Å². The number of alkyl halides is 3. The minimum atomic E-state index is -4.64. The second-order valence-corrected chi connectivity index (χ2v) is 5.97. The van der Waals surface area contributed by atoms with E-state index in [0.29, 0.717) is 11.0 Å². The lowest BCUT2D eigenvalue weighted by Gasteiger charge is -2.13. The molecule has 140 valence electrons. The molecule has 0 radical (unpaired) electrons. The van der Waals surface area contributed by atoms with E-state index in [2.05, 4.69) is 20.6 Å². The standard InChI is InChI=1S/C17H12ClF3N4O2/c18-10-4-3-9(11(6-10)17(19,20)21)7-24-15(26)16(27)25-13-8-23-12-2-1-5-22-14(12)13/h1-6,8,23H,7H2,(H,24,26)(H,25,27). The van der Waals surface area contributed by atoms with E-state index < -0.39 is 30.1 Å². The van der Waals surface area contributed by atoms with Crippen LogP contribution in [0.25, 0.3) is 11.0 Å². The van der Waals surface area contributed by atoms with Crippen molar-refractivity contribution in [2.45, 2.75) is 12.7 Å². The summed E-state index contributed by atoms with van der Waals surface area (Å²) in [5, 5.41) is 4.45. The molecule has 3 aromatic rings. The van der Waals surface area contributed by atoms with Gasteiger partial charge in [-0.1, -0.05) is 17.7 Å². The SMILES string of the molecule is O=C(NCc1ccc(Cl)cc1C(F)(F)F)C(=O)Nc1c[nH]c2cccnc12. The molecule has 2 amide bonds. The molecule has 0 saturated carbocycles. The van der Waals surface area contributed by atoms with Crippen LogP contribution in [0.3, 0.4) is 0 Å². The molecule has 0 saturated heterocycles. The predicted octanol–water partition coefficient (Wildman–Crippen LogP) is 3.49. The summed E-state index contributed by atoms with van der Waals surface area (Å²) < 4.78 is 39.2. The number of aromatic amines is 1. The van der Waals surface area contributed by atoms with Gasteiger partial charge in [-0.25, -0.2) is 0 Å². The molecule has 0 bridgehead atoms. The lowest BCUT2D eigenvalue weighted by Crippen LogP contribution is -2.35.